The minimum absolute atomic E-state index is 0.0498. The molecule has 1 amide bonds. The number of aromatic nitrogens is 2. The molecule has 146 valence electrons. The number of anilines is 1. The zero-order valence-electron chi connectivity index (χ0n) is 15.3. The second-order valence-corrected chi connectivity index (χ2v) is 5.48. The van der Waals surface area contributed by atoms with E-state index in [0.29, 0.717) is 17.4 Å². The van der Waals surface area contributed by atoms with Gasteiger partial charge in [-0.25, -0.2) is 4.79 Å². The number of methoxy groups -OCH3 is 2. The van der Waals surface area contributed by atoms with Crippen molar-refractivity contribution >= 4 is 17.6 Å². The number of hydrogen-bond donors (Lipinski definition) is 1. The molecule has 0 unspecified atom stereocenters. The lowest BCUT2D eigenvalue weighted by Crippen LogP contribution is -2.16. The minimum atomic E-state index is -0.730. The Hall–Kier alpha value is -3.82. The number of hydrogen-bond acceptors (Lipinski definition) is 9. The number of rotatable bonds is 7. The molecule has 0 bridgehead atoms. The van der Waals surface area contributed by atoms with E-state index in [0.717, 1.165) is 0 Å². The third kappa shape index (κ3) is 4.11. The van der Waals surface area contributed by atoms with Gasteiger partial charge in [-0.2, -0.15) is 0 Å². The van der Waals surface area contributed by atoms with Crippen molar-refractivity contribution < 1.29 is 32.6 Å². The molecular weight excluding hydrogens is 370 g/mol. The minimum Gasteiger partial charge on any atom is -0.493 e. The number of esters is 1. The van der Waals surface area contributed by atoms with Gasteiger partial charge in [0.15, 0.2) is 23.9 Å². The van der Waals surface area contributed by atoms with Gasteiger partial charge in [0.1, 0.15) is 0 Å². The molecule has 3 aromatic rings. The predicted octanol–water partition coefficient (Wildman–Crippen LogP) is 2.60. The Bertz CT molecular complexity index is 979. The van der Waals surface area contributed by atoms with Gasteiger partial charge < -0.3 is 28.4 Å². The molecule has 10 nitrogen and oxygen atoms in total. The van der Waals surface area contributed by atoms with Gasteiger partial charge in [0.05, 0.1) is 31.7 Å². The second kappa shape index (κ2) is 8.25. The van der Waals surface area contributed by atoms with Crippen molar-refractivity contribution in [3.05, 3.63) is 53.6 Å². The molecule has 3 rings (SSSR count). The number of nitrogens with zero attached hydrogens (tertiary/aromatic N) is 2. The number of furan rings is 1. The van der Waals surface area contributed by atoms with Gasteiger partial charge in [-0.05, 0) is 12.1 Å². The predicted molar refractivity (Wildman–Crippen MR) is 94.4 cm³/mol. The van der Waals surface area contributed by atoms with E-state index < -0.39 is 11.9 Å². The fourth-order valence-electron chi connectivity index (χ4n) is 2.34. The standard InChI is InChI=1S/C18H17N3O7/c1-10-20-21-16(28-10)9-27-18(23)11-7-14(24-2)15(25-3)8-12(11)19-17(22)13-5-4-6-26-13/h4-8H,9H2,1-3H3,(H,19,22). The molecular formula is C18H17N3O7. The first-order valence-corrected chi connectivity index (χ1v) is 8.08. The molecule has 0 fully saturated rings. The molecule has 2 aromatic heterocycles. The van der Waals surface area contributed by atoms with Crippen LogP contribution in [0.4, 0.5) is 5.69 Å². The van der Waals surface area contributed by atoms with Crippen LogP contribution in [0.1, 0.15) is 32.7 Å². The lowest BCUT2D eigenvalue weighted by molar-refractivity contribution is 0.0437. The molecule has 0 atom stereocenters. The first-order chi connectivity index (χ1) is 13.5. The molecule has 0 aliphatic heterocycles. The molecule has 0 aliphatic rings. The van der Waals surface area contributed by atoms with E-state index in [1.165, 1.54) is 38.7 Å². The van der Waals surface area contributed by atoms with Gasteiger partial charge in [-0.1, -0.05) is 0 Å². The number of carbonyl (C=O) groups excluding carboxylic acids is 2. The van der Waals surface area contributed by atoms with E-state index in [2.05, 4.69) is 15.5 Å². The van der Waals surface area contributed by atoms with Crippen LogP contribution in [0.15, 0.2) is 39.4 Å². The van der Waals surface area contributed by atoms with Crippen LogP contribution in [-0.4, -0.2) is 36.3 Å². The van der Waals surface area contributed by atoms with Crippen molar-refractivity contribution in [3.63, 3.8) is 0 Å². The van der Waals surface area contributed by atoms with Crippen molar-refractivity contribution in [2.24, 2.45) is 0 Å². The summed E-state index contributed by atoms with van der Waals surface area (Å²) in [5.41, 5.74) is 0.208. The average Bonchev–Trinajstić information content (AvgIpc) is 3.37. The molecule has 0 saturated heterocycles. The molecule has 0 spiro atoms. The van der Waals surface area contributed by atoms with Crippen LogP contribution in [0.3, 0.4) is 0 Å². The summed E-state index contributed by atoms with van der Waals surface area (Å²) in [5, 5.41) is 10.0. The van der Waals surface area contributed by atoms with Gasteiger partial charge in [-0.15, -0.1) is 10.2 Å². The maximum atomic E-state index is 12.6. The highest BCUT2D eigenvalue weighted by Crippen LogP contribution is 2.34. The monoisotopic (exact) mass is 387 g/mol. The number of nitrogens with one attached hydrogen (secondary N) is 1. The first-order valence-electron chi connectivity index (χ1n) is 8.08. The van der Waals surface area contributed by atoms with E-state index in [-0.39, 0.29) is 29.5 Å². The first kappa shape index (κ1) is 19.0. The Labute approximate surface area is 159 Å². The highest BCUT2D eigenvalue weighted by Gasteiger charge is 2.21. The van der Waals surface area contributed by atoms with Crippen LogP contribution < -0.4 is 14.8 Å². The molecule has 28 heavy (non-hydrogen) atoms. The zero-order valence-corrected chi connectivity index (χ0v) is 15.3. The molecule has 10 heteroatoms. The average molecular weight is 387 g/mol. The SMILES string of the molecule is COc1cc(NC(=O)c2ccco2)c(C(=O)OCc2nnc(C)o2)cc1OC. The fourth-order valence-corrected chi connectivity index (χ4v) is 2.34. The summed E-state index contributed by atoms with van der Waals surface area (Å²) >= 11 is 0. The van der Waals surface area contributed by atoms with Gasteiger partial charge in [0.2, 0.25) is 5.89 Å². The van der Waals surface area contributed by atoms with E-state index in [1.54, 1.807) is 13.0 Å². The Balaban J connectivity index is 1.87. The van der Waals surface area contributed by atoms with Crippen molar-refractivity contribution in [3.8, 4) is 11.5 Å². The summed E-state index contributed by atoms with van der Waals surface area (Å²) in [4.78, 5) is 24.9. The van der Waals surface area contributed by atoms with Crippen LogP contribution in [0.2, 0.25) is 0 Å². The van der Waals surface area contributed by atoms with Crippen molar-refractivity contribution in [1.29, 1.82) is 0 Å². The summed E-state index contributed by atoms with van der Waals surface area (Å²) < 4.78 is 25.9. The highest BCUT2D eigenvalue weighted by atomic mass is 16.5. The van der Waals surface area contributed by atoms with Crippen LogP contribution >= 0.6 is 0 Å². The Kier molecular flexibility index (Phi) is 5.58. The van der Waals surface area contributed by atoms with Crippen molar-refractivity contribution in [2.45, 2.75) is 13.5 Å². The van der Waals surface area contributed by atoms with Gasteiger partial charge >= 0.3 is 5.97 Å². The van der Waals surface area contributed by atoms with Gasteiger partial charge in [-0.3, -0.25) is 4.79 Å². The summed E-state index contributed by atoms with van der Waals surface area (Å²) in [7, 11) is 2.86. The van der Waals surface area contributed by atoms with Crippen molar-refractivity contribution in [2.75, 3.05) is 19.5 Å². The number of ether oxygens (including phenoxy) is 3. The maximum Gasteiger partial charge on any atom is 0.340 e. The fraction of sp³-hybridized carbons (Fsp3) is 0.222. The molecule has 0 radical (unpaired) electrons. The van der Waals surface area contributed by atoms with Crippen LogP contribution in [0, 0.1) is 6.92 Å². The van der Waals surface area contributed by atoms with Gasteiger partial charge in [0, 0.05) is 19.1 Å². The number of aryl methyl sites for hydroxylation is 1. The summed E-state index contributed by atoms with van der Waals surface area (Å²) in [5.74, 6) is -0.0859. The quantitative estimate of drug-likeness (QED) is 0.609. The topological polar surface area (TPSA) is 126 Å². The largest absolute Gasteiger partial charge is 0.493 e. The Morgan fingerprint density at radius 3 is 2.50 bits per heavy atom. The lowest BCUT2D eigenvalue weighted by Gasteiger charge is -2.14. The molecule has 0 aliphatic carbocycles. The summed E-state index contributed by atoms with van der Waals surface area (Å²) in [6.45, 7) is 1.40. The summed E-state index contributed by atoms with van der Waals surface area (Å²) in [6.07, 6.45) is 1.37. The third-order valence-corrected chi connectivity index (χ3v) is 3.63. The van der Waals surface area contributed by atoms with Crippen LogP contribution in [-0.2, 0) is 11.3 Å². The Morgan fingerprint density at radius 2 is 1.89 bits per heavy atom. The summed E-state index contributed by atoms with van der Waals surface area (Å²) in [6, 6.07) is 5.92. The molecule has 2 heterocycles. The number of benzene rings is 1. The molecule has 1 aromatic carbocycles. The smallest absolute Gasteiger partial charge is 0.340 e. The van der Waals surface area contributed by atoms with Crippen LogP contribution in [0.5, 0.6) is 11.5 Å². The Morgan fingerprint density at radius 1 is 1.14 bits per heavy atom. The normalized spacial score (nSPS) is 10.4. The number of amides is 1. The van der Waals surface area contributed by atoms with Gasteiger partial charge in [0.25, 0.3) is 11.8 Å². The molecule has 0 saturated carbocycles. The zero-order chi connectivity index (χ0) is 20.1. The molecule has 1 N–H and O–H groups in total. The van der Waals surface area contributed by atoms with Crippen LogP contribution in [0.25, 0.3) is 0 Å². The van der Waals surface area contributed by atoms with E-state index >= 15 is 0 Å². The lowest BCUT2D eigenvalue weighted by atomic mass is 10.1. The maximum absolute atomic E-state index is 12.6. The van der Waals surface area contributed by atoms with E-state index in [4.69, 9.17) is 23.0 Å². The highest BCUT2D eigenvalue weighted by molar-refractivity contribution is 6.07. The second-order valence-electron chi connectivity index (χ2n) is 5.48. The van der Waals surface area contributed by atoms with E-state index in [9.17, 15) is 9.59 Å². The van der Waals surface area contributed by atoms with E-state index in [1.807, 2.05) is 0 Å². The van der Waals surface area contributed by atoms with Crippen molar-refractivity contribution in [1.82, 2.24) is 10.2 Å². The number of carbonyl (C=O) groups is 2. The third-order valence-electron chi connectivity index (χ3n) is 3.63.